The summed E-state index contributed by atoms with van der Waals surface area (Å²) in [7, 11) is 0. The van der Waals surface area contributed by atoms with Crippen LogP contribution in [0, 0.1) is 0 Å². The summed E-state index contributed by atoms with van der Waals surface area (Å²) in [6.07, 6.45) is 3.29. The van der Waals surface area contributed by atoms with E-state index in [0.29, 0.717) is 39.0 Å². The van der Waals surface area contributed by atoms with Crippen LogP contribution in [0.1, 0.15) is 62.6 Å². The number of amides is 2. The Morgan fingerprint density at radius 1 is 0.839 bits per heavy atom. The van der Waals surface area contributed by atoms with E-state index in [1.54, 1.807) is 0 Å². The van der Waals surface area contributed by atoms with Gasteiger partial charge in [-0.1, -0.05) is 68.4 Å². The smallest absolute Gasteiger partial charge is 0.222 e. The zero-order valence-electron chi connectivity index (χ0n) is 18.9. The van der Waals surface area contributed by atoms with Crippen molar-refractivity contribution in [1.82, 2.24) is 10.2 Å². The first-order valence-corrected chi connectivity index (χ1v) is 11.4. The topological polar surface area (TPSA) is 58.6 Å². The number of nitrogens with one attached hydrogen (secondary N) is 1. The number of nitrogens with zero attached hydrogens (tertiary/aromatic N) is 1. The van der Waals surface area contributed by atoms with Gasteiger partial charge >= 0.3 is 0 Å². The first-order chi connectivity index (χ1) is 15.1. The van der Waals surface area contributed by atoms with Crippen molar-refractivity contribution in [3.05, 3.63) is 71.3 Å². The van der Waals surface area contributed by atoms with Crippen molar-refractivity contribution in [3.8, 4) is 0 Å². The number of ether oxygens (including phenoxy) is 1. The molecule has 5 heteroatoms. The zero-order chi connectivity index (χ0) is 22.3. The molecule has 0 unspecified atom stereocenters. The highest BCUT2D eigenvalue weighted by Crippen LogP contribution is 2.12. The van der Waals surface area contributed by atoms with Crippen molar-refractivity contribution < 1.29 is 14.3 Å². The molecule has 0 aliphatic rings. The molecule has 0 aromatic heterocycles. The summed E-state index contributed by atoms with van der Waals surface area (Å²) >= 11 is 0. The highest BCUT2D eigenvalue weighted by Gasteiger charge is 2.12. The maximum atomic E-state index is 12.3. The molecule has 0 radical (unpaired) electrons. The molecule has 0 bridgehead atoms. The number of carbonyl (C=O) groups excluding carboxylic acids is 2. The van der Waals surface area contributed by atoms with E-state index in [1.165, 1.54) is 0 Å². The van der Waals surface area contributed by atoms with Gasteiger partial charge in [0.1, 0.15) is 0 Å². The number of rotatable bonds is 14. The van der Waals surface area contributed by atoms with Gasteiger partial charge in [-0.2, -0.15) is 0 Å². The molecule has 0 saturated heterocycles. The maximum absolute atomic E-state index is 12.3. The average Bonchev–Trinajstić information content (AvgIpc) is 2.79. The quantitative estimate of drug-likeness (QED) is 0.472. The molecule has 2 aromatic rings. The van der Waals surface area contributed by atoms with Crippen LogP contribution in [0.5, 0.6) is 0 Å². The minimum Gasteiger partial charge on any atom is -0.372 e. The fourth-order valence-corrected chi connectivity index (χ4v) is 3.47. The first kappa shape index (κ1) is 24.6. The van der Waals surface area contributed by atoms with Gasteiger partial charge in [0.25, 0.3) is 0 Å². The Bertz CT molecular complexity index is 786. The van der Waals surface area contributed by atoms with Gasteiger partial charge in [0.05, 0.1) is 13.2 Å². The van der Waals surface area contributed by atoms with Crippen molar-refractivity contribution >= 4 is 11.8 Å². The molecule has 168 valence electrons. The molecule has 2 aromatic carbocycles. The summed E-state index contributed by atoms with van der Waals surface area (Å²) in [5, 5.41) is 2.98. The summed E-state index contributed by atoms with van der Waals surface area (Å²) < 4.78 is 5.85. The summed E-state index contributed by atoms with van der Waals surface area (Å²) in [5.74, 6) is 0.128. The van der Waals surface area contributed by atoms with Gasteiger partial charge < -0.3 is 15.0 Å². The third-order valence-corrected chi connectivity index (χ3v) is 5.10. The van der Waals surface area contributed by atoms with Crippen molar-refractivity contribution in [2.24, 2.45) is 0 Å². The summed E-state index contributed by atoms with van der Waals surface area (Å²) in [5.41, 5.74) is 3.26. The van der Waals surface area contributed by atoms with Crippen LogP contribution in [0.15, 0.2) is 54.6 Å². The lowest BCUT2D eigenvalue weighted by Gasteiger charge is -2.21. The monoisotopic (exact) mass is 424 g/mol. The van der Waals surface area contributed by atoms with Gasteiger partial charge in [0.15, 0.2) is 0 Å². The van der Waals surface area contributed by atoms with Crippen LogP contribution in [-0.2, 0) is 34.1 Å². The molecular weight excluding hydrogens is 388 g/mol. The van der Waals surface area contributed by atoms with Crippen LogP contribution in [0.2, 0.25) is 0 Å². The van der Waals surface area contributed by atoms with Gasteiger partial charge in [-0.3, -0.25) is 9.59 Å². The molecule has 0 fully saturated rings. The second-order valence-corrected chi connectivity index (χ2v) is 7.76. The van der Waals surface area contributed by atoms with Gasteiger partial charge in [0, 0.05) is 32.5 Å². The van der Waals surface area contributed by atoms with E-state index >= 15 is 0 Å². The minimum absolute atomic E-state index is 0.0228. The van der Waals surface area contributed by atoms with Crippen molar-refractivity contribution in [2.75, 3.05) is 13.1 Å². The van der Waals surface area contributed by atoms with Crippen molar-refractivity contribution in [1.29, 1.82) is 0 Å². The van der Waals surface area contributed by atoms with Gasteiger partial charge in [-0.15, -0.1) is 0 Å². The lowest BCUT2D eigenvalue weighted by atomic mass is 10.1. The van der Waals surface area contributed by atoms with E-state index in [4.69, 9.17) is 4.74 Å². The molecule has 5 nitrogen and oxygen atoms in total. The normalized spacial score (nSPS) is 10.6. The van der Waals surface area contributed by atoms with E-state index < -0.39 is 0 Å². The lowest BCUT2D eigenvalue weighted by molar-refractivity contribution is -0.131. The fraction of sp³-hybridized carbons (Fsp3) is 0.462. The Balaban J connectivity index is 1.73. The van der Waals surface area contributed by atoms with Gasteiger partial charge in [-0.05, 0) is 36.0 Å². The number of benzene rings is 2. The largest absolute Gasteiger partial charge is 0.372 e. The lowest BCUT2D eigenvalue weighted by Crippen LogP contribution is -2.32. The Hall–Kier alpha value is -2.66. The van der Waals surface area contributed by atoms with Crippen LogP contribution in [-0.4, -0.2) is 29.8 Å². The van der Waals surface area contributed by atoms with E-state index in [0.717, 1.165) is 42.6 Å². The van der Waals surface area contributed by atoms with Crippen LogP contribution < -0.4 is 5.32 Å². The summed E-state index contributed by atoms with van der Waals surface area (Å²) in [6, 6.07) is 18.1. The Morgan fingerprint density at radius 3 is 2.16 bits per heavy atom. The van der Waals surface area contributed by atoms with E-state index in [9.17, 15) is 9.59 Å². The second kappa shape index (κ2) is 14.4. The molecule has 0 aliphatic heterocycles. The molecule has 1 N–H and O–H groups in total. The standard InChI is InChI=1S/C26H36N2O3/c1-3-17-28(18-4-2)26(30)16-10-15-25(29)27-19-23-13-8-9-14-24(23)21-31-20-22-11-6-5-7-12-22/h5-9,11-14H,3-4,10,15-21H2,1-2H3,(H,27,29). The molecule has 0 heterocycles. The summed E-state index contributed by atoms with van der Waals surface area (Å²) in [6.45, 7) is 7.27. The predicted molar refractivity (Wildman–Crippen MR) is 124 cm³/mol. The van der Waals surface area contributed by atoms with E-state index in [2.05, 4.69) is 19.2 Å². The number of hydrogen-bond donors (Lipinski definition) is 1. The van der Waals surface area contributed by atoms with Crippen LogP contribution >= 0.6 is 0 Å². The predicted octanol–water partition coefficient (Wildman–Crippen LogP) is 4.84. The molecule has 0 aliphatic carbocycles. The van der Waals surface area contributed by atoms with Gasteiger partial charge in [-0.25, -0.2) is 0 Å². The summed E-state index contributed by atoms with van der Waals surface area (Å²) in [4.78, 5) is 26.5. The average molecular weight is 425 g/mol. The molecule has 0 saturated carbocycles. The Labute approximate surface area is 186 Å². The molecular formula is C26H36N2O3. The van der Waals surface area contributed by atoms with Gasteiger partial charge in [0.2, 0.25) is 11.8 Å². The molecule has 31 heavy (non-hydrogen) atoms. The molecule has 2 rings (SSSR count). The first-order valence-electron chi connectivity index (χ1n) is 11.4. The molecule has 2 amide bonds. The SMILES string of the molecule is CCCN(CCC)C(=O)CCCC(=O)NCc1ccccc1COCc1ccccc1. The highest BCUT2D eigenvalue weighted by atomic mass is 16.5. The zero-order valence-corrected chi connectivity index (χ0v) is 18.9. The Kier molecular flexibility index (Phi) is 11.4. The number of hydrogen-bond acceptors (Lipinski definition) is 3. The van der Waals surface area contributed by atoms with Crippen molar-refractivity contribution in [2.45, 2.75) is 65.7 Å². The molecule has 0 atom stereocenters. The van der Waals surface area contributed by atoms with E-state index in [1.807, 2.05) is 59.5 Å². The Morgan fingerprint density at radius 2 is 1.48 bits per heavy atom. The highest BCUT2D eigenvalue weighted by molar-refractivity contribution is 5.79. The van der Waals surface area contributed by atoms with Crippen LogP contribution in [0.25, 0.3) is 0 Å². The molecule has 0 spiro atoms. The van der Waals surface area contributed by atoms with Crippen LogP contribution in [0.3, 0.4) is 0 Å². The van der Waals surface area contributed by atoms with Crippen molar-refractivity contribution in [3.63, 3.8) is 0 Å². The minimum atomic E-state index is -0.0228. The second-order valence-electron chi connectivity index (χ2n) is 7.76. The van der Waals surface area contributed by atoms with E-state index in [-0.39, 0.29) is 11.8 Å². The van der Waals surface area contributed by atoms with Crippen LogP contribution in [0.4, 0.5) is 0 Å². The third kappa shape index (κ3) is 9.35. The number of carbonyl (C=O) groups is 2. The maximum Gasteiger partial charge on any atom is 0.222 e. The fourth-order valence-electron chi connectivity index (χ4n) is 3.47. The third-order valence-electron chi connectivity index (χ3n) is 5.10.